The van der Waals surface area contributed by atoms with Gasteiger partial charge in [-0.2, -0.15) is 0 Å². The molecule has 1 aromatic heterocycles. The second-order valence-electron chi connectivity index (χ2n) is 6.31. The van der Waals surface area contributed by atoms with E-state index in [1.165, 1.54) is 35.1 Å². The number of rotatable bonds is 5. The van der Waals surface area contributed by atoms with E-state index in [9.17, 15) is 13.6 Å². The molecule has 0 aliphatic carbocycles. The fraction of sp³-hybridized carbons (Fsp3) is 0.143. The number of amides is 1. The van der Waals surface area contributed by atoms with Gasteiger partial charge in [0.05, 0.1) is 5.69 Å². The van der Waals surface area contributed by atoms with Crippen molar-refractivity contribution in [3.8, 4) is 11.3 Å². The van der Waals surface area contributed by atoms with Crippen molar-refractivity contribution in [2.75, 3.05) is 5.32 Å². The first-order chi connectivity index (χ1) is 12.9. The molecule has 1 heterocycles. The Hall–Kier alpha value is -2.86. The third-order valence-corrected chi connectivity index (χ3v) is 4.73. The van der Waals surface area contributed by atoms with Crippen LogP contribution in [-0.4, -0.2) is 10.9 Å². The number of nitrogens with zero attached hydrogens (tertiary/aromatic N) is 1. The SMILES string of the molecule is CC(C)c1ccc(/C=C/C(=O)Nc2nc(-c3ccc(F)cc3F)cs2)cc1. The van der Waals surface area contributed by atoms with Gasteiger partial charge in [-0.15, -0.1) is 11.3 Å². The van der Waals surface area contributed by atoms with Crippen LogP contribution in [0.3, 0.4) is 0 Å². The van der Waals surface area contributed by atoms with Gasteiger partial charge in [-0.25, -0.2) is 13.8 Å². The van der Waals surface area contributed by atoms with Crippen molar-refractivity contribution in [2.45, 2.75) is 19.8 Å². The first-order valence-corrected chi connectivity index (χ1v) is 9.30. The van der Waals surface area contributed by atoms with E-state index < -0.39 is 11.6 Å². The predicted molar refractivity (Wildman–Crippen MR) is 106 cm³/mol. The quantitative estimate of drug-likeness (QED) is 0.560. The minimum absolute atomic E-state index is 0.189. The Balaban J connectivity index is 1.65. The fourth-order valence-electron chi connectivity index (χ4n) is 2.46. The van der Waals surface area contributed by atoms with Crippen LogP contribution in [-0.2, 0) is 4.79 Å². The molecular formula is C21H18F2N2OS. The molecule has 1 N–H and O–H groups in total. The highest BCUT2D eigenvalue weighted by Crippen LogP contribution is 2.27. The Bertz CT molecular complexity index is 978. The number of carbonyl (C=O) groups excluding carboxylic acids is 1. The zero-order chi connectivity index (χ0) is 19.4. The molecule has 3 nitrogen and oxygen atoms in total. The number of hydrogen-bond acceptors (Lipinski definition) is 3. The second-order valence-corrected chi connectivity index (χ2v) is 7.16. The number of halogens is 2. The minimum Gasteiger partial charge on any atom is -0.298 e. The molecule has 0 fully saturated rings. The summed E-state index contributed by atoms with van der Waals surface area (Å²) in [6.45, 7) is 4.25. The molecule has 3 aromatic rings. The van der Waals surface area contributed by atoms with E-state index in [1.807, 2.05) is 24.3 Å². The van der Waals surface area contributed by atoms with Gasteiger partial charge in [0.2, 0.25) is 5.91 Å². The van der Waals surface area contributed by atoms with E-state index in [4.69, 9.17) is 0 Å². The van der Waals surface area contributed by atoms with E-state index in [0.717, 1.165) is 11.6 Å². The monoisotopic (exact) mass is 384 g/mol. The van der Waals surface area contributed by atoms with Gasteiger partial charge in [-0.3, -0.25) is 10.1 Å². The fourth-order valence-corrected chi connectivity index (χ4v) is 3.18. The first kappa shape index (κ1) is 18.9. The van der Waals surface area contributed by atoms with Crippen molar-refractivity contribution in [3.63, 3.8) is 0 Å². The Morgan fingerprint density at radius 3 is 2.56 bits per heavy atom. The molecule has 0 unspecified atom stereocenters. The van der Waals surface area contributed by atoms with Crippen LogP contribution in [0, 0.1) is 11.6 Å². The standard InChI is InChI=1S/C21H18F2N2OS/c1-13(2)15-6-3-14(4-7-15)5-10-20(26)25-21-24-19(12-27-21)17-9-8-16(22)11-18(17)23/h3-13H,1-2H3,(H,24,25,26)/b10-5+. The smallest absolute Gasteiger partial charge is 0.250 e. The van der Waals surface area contributed by atoms with Crippen LogP contribution in [0.2, 0.25) is 0 Å². The van der Waals surface area contributed by atoms with Crippen molar-refractivity contribution in [1.82, 2.24) is 4.98 Å². The lowest BCUT2D eigenvalue weighted by Crippen LogP contribution is -2.07. The van der Waals surface area contributed by atoms with E-state index in [1.54, 1.807) is 11.5 Å². The predicted octanol–water partition coefficient (Wildman–Crippen LogP) is 5.86. The summed E-state index contributed by atoms with van der Waals surface area (Å²) in [6.07, 6.45) is 3.14. The molecule has 0 aliphatic heterocycles. The summed E-state index contributed by atoms with van der Waals surface area (Å²) in [5.74, 6) is -1.21. The van der Waals surface area contributed by atoms with Crippen LogP contribution in [0.4, 0.5) is 13.9 Å². The summed E-state index contributed by atoms with van der Waals surface area (Å²) in [4.78, 5) is 16.3. The largest absolute Gasteiger partial charge is 0.298 e. The van der Waals surface area contributed by atoms with Crippen molar-refractivity contribution < 1.29 is 13.6 Å². The zero-order valence-corrected chi connectivity index (χ0v) is 15.7. The van der Waals surface area contributed by atoms with E-state index in [0.29, 0.717) is 16.7 Å². The second kappa shape index (κ2) is 8.22. The molecule has 27 heavy (non-hydrogen) atoms. The first-order valence-electron chi connectivity index (χ1n) is 8.42. The summed E-state index contributed by atoms with van der Waals surface area (Å²) >= 11 is 1.18. The van der Waals surface area contributed by atoms with Crippen molar-refractivity contribution >= 4 is 28.5 Å². The molecule has 0 spiro atoms. The maximum Gasteiger partial charge on any atom is 0.250 e. The number of aromatic nitrogens is 1. The molecule has 0 bridgehead atoms. The molecular weight excluding hydrogens is 366 g/mol. The molecule has 0 radical (unpaired) electrons. The van der Waals surface area contributed by atoms with Crippen molar-refractivity contribution in [1.29, 1.82) is 0 Å². The Morgan fingerprint density at radius 1 is 1.15 bits per heavy atom. The Labute approximate surface area is 160 Å². The van der Waals surface area contributed by atoms with Gasteiger partial charge in [-0.1, -0.05) is 38.1 Å². The summed E-state index contributed by atoms with van der Waals surface area (Å²) in [5.41, 5.74) is 2.69. The number of nitrogens with one attached hydrogen (secondary N) is 1. The summed E-state index contributed by atoms with van der Waals surface area (Å²) in [6, 6.07) is 11.3. The van der Waals surface area contributed by atoms with Crippen LogP contribution < -0.4 is 5.32 Å². The van der Waals surface area contributed by atoms with Crippen LogP contribution in [0.1, 0.15) is 30.9 Å². The lowest BCUT2D eigenvalue weighted by Gasteiger charge is -2.04. The normalized spacial score (nSPS) is 11.3. The maximum atomic E-state index is 13.8. The maximum absolute atomic E-state index is 13.8. The molecule has 138 valence electrons. The van der Waals surface area contributed by atoms with Crippen LogP contribution >= 0.6 is 11.3 Å². The Morgan fingerprint density at radius 2 is 1.89 bits per heavy atom. The summed E-state index contributed by atoms with van der Waals surface area (Å²) < 4.78 is 26.8. The van der Waals surface area contributed by atoms with Crippen molar-refractivity contribution in [3.05, 3.63) is 76.7 Å². The highest BCUT2D eigenvalue weighted by atomic mass is 32.1. The average molecular weight is 384 g/mol. The van der Waals surface area contributed by atoms with Crippen LogP contribution in [0.15, 0.2) is 53.9 Å². The molecule has 0 saturated carbocycles. The van der Waals surface area contributed by atoms with Gasteiger partial charge in [0.1, 0.15) is 11.6 Å². The Kier molecular flexibility index (Phi) is 5.76. The summed E-state index contributed by atoms with van der Waals surface area (Å²) in [5, 5.41) is 4.61. The number of carbonyl (C=O) groups is 1. The minimum atomic E-state index is -0.692. The van der Waals surface area contributed by atoms with Gasteiger partial charge < -0.3 is 0 Å². The third kappa shape index (κ3) is 4.86. The molecule has 0 atom stereocenters. The van der Waals surface area contributed by atoms with Crippen LogP contribution in [0.5, 0.6) is 0 Å². The number of anilines is 1. The highest BCUT2D eigenvalue weighted by Gasteiger charge is 2.11. The molecule has 0 aliphatic rings. The lowest BCUT2D eigenvalue weighted by molar-refractivity contribution is -0.111. The number of hydrogen-bond donors (Lipinski definition) is 1. The lowest BCUT2D eigenvalue weighted by atomic mass is 10.0. The molecule has 1 amide bonds. The summed E-state index contributed by atoms with van der Waals surface area (Å²) in [7, 11) is 0. The van der Waals surface area contributed by atoms with E-state index in [-0.39, 0.29) is 11.5 Å². The highest BCUT2D eigenvalue weighted by molar-refractivity contribution is 7.14. The van der Waals surface area contributed by atoms with E-state index >= 15 is 0 Å². The molecule has 3 rings (SSSR count). The van der Waals surface area contributed by atoms with Gasteiger partial charge in [0.25, 0.3) is 0 Å². The van der Waals surface area contributed by atoms with Crippen molar-refractivity contribution in [2.24, 2.45) is 0 Å². The molecule has 2 aromatic carbocycles. The number of thiazole rings is 1. The van der Waals surface area contributed by atoms with Gasteiger partial charge in [-0.05, 0) is 35.3 Å². The zero-order valence-electron chi connectivity index (χ0n) is 14.9. The van der Waals surface area contributed by atoms with Gasteiger partial charge in [0.15, 0.2) is 5.13 Å². The molecule has 6 heteroatoms. The average Bonchev–Trinajstić information content (AvgIpc) is 3.08. The number of benzene rings is 2. The van der Waals surface area contributed by atoms with E-state index in [2.05, 4.69) is 24.1 Å². The molecule has 0 saturated heterocycles. The van der Waals surface area contributed by atoms with Crippen LogP contribution in [0.25, 0.3) is 17.3 Å². The topological polar surface area (TPSA) is 42.0 Å². The third-order valence-electron chi connectivity index (χ3n) is 3.97. The van der Waals surface area contributed by atoms with Gasteiger partial charge >= 0.3 is 0 Å². The van der Waals surface area contributed by atoms with Gasteiger partial charge in [0, 0.05) is 23.1 Å².